The average molecular weight is 507 g/mol. The van der Waals surface area contributed by atoms with Crippen LogP contribution in [0.2, 0.25) is 0 Å². The van der Waals surface area contributed by atoms with E-state index in [1.165, 1.54) is 64.2 Å². The molecular formula is C36H74. The topological polar surface area (TPSA) is 0 Å². The SMILES string of the molecule is C.CC.CCC1CCC2C3CC[C@H]4C[C@H](C)CCC4(C)C3CCC12C.CCCCC.CCCCCC. The maximum Gasteiger partial charge on any atom is -0.0266 e. The van der Waals surface area contributed by atoms with E-state index in [0.717, 1.165) is 35.5 Å². The predicted octanol–water partition coefficient (Wildman–Crippen LogP) is 13.1. The molecule has 0 spiro atoms. The highest BCUT2D eigenvalue weighted by molar-refractivity contribution is 5.08. The van der Waals surface area contributed by atoms with E-state index in [2.05, 4.69) is 55.4 Å². The van der Waals surface area contributed by atoms with Gasteiger partial charge in [0.25, 0.3) is 0 Å². The molecule has 4 aliphatic carbocycles. The molecule has 6 unspecified atom stereocenters. The molecule has 0 aromatic carbocycles. The van der Waals surface area contributed by atoms with Crippen LogP contribution in [0.5, 0.6) is 0 Å². The van der Waals surface area contributed by atoms with Crippen molar-refractivity contribution >= 4 is 0 Å². The highest BCUT2D eigenvalue weighted by Crippen LogP contribution is 2.68. The first-order valence-electron chi connectivity index (χ1n) is 16.8. The van der Waals surface area contributed by atoms with Gasteiger partial charge in [-0.05, 0) is 97.7 Å². The third-order valence-electron chi connectivity index (χ3n) is 11.3. The average Bonchev–Trinajstić information content (AvgIpc) is 3.22. The van der Waals surface area contributed by atoms with Gasteiger partial charge < -0.3 is 0 Å². The van der Waals surface area contributed by atoms with Crippen molar-refractivity contribution in [1.29, 1.82) is 0 Å². The molecule has 0 heteroatoms. The van der Waals surface area contributed by atoms with Crippen molar-refractivity contribution < 1.29 is 0 Å². The molecular weight excluding hydrogens is 432 g/mol. The lowest BCUT2D eigenvalue weighted by Gasteiger charge is -2.61. The quantitative estimate of drug-likeness (QED) is 0.314. The molecule has 0 amide bonds. The lowest BCUT2D eigenvalue weighted by Crippen LogP contribution is -2.53. The Balaban J connectivity index is 0.000000739. The van der Waals surface area contributed by atoms with Gasteiger partial charge in [0.2, 0.25) is 0 Å². The Morgan fingerprint density at radius 2 is 1.14 bits per heavy atom. The van der Waals surface area contributed by atoms with E-state index in [9.17, 15) is 0 Å². The molecule has 0 bridgehead atoms. The summed E-state index contributed by atoms with van der Waals surface area (Å²) in [5.74, 6) is 6.34. The molecule has 4 saturated carbocycles. The number of fused-ring (bicyclic) bond motifs is 5. The molecule has 0 aromatic heterocycles. The van der Waals surface area contributed by atoms with Crippen LogP contribution in [0.4, 0.5) is 0 Å². The fraction of sp³-hybridized carbons (Fsp3) is 1.00. The highest BCUT2D eigenvalue weighted by Gasteiger charge is 2.59. The lowest BCUT2D eigenvalue weighted by molar-refractivity contribution is -0.117. The van der Waals surface area contributed by atoms with Crippen molar-refractivity contribution in [3.63, 3.8) is 0 Å². The molecule has 0 N–H and O–H groups in total. The minimum Gasteiger partial charge on any atom is -0.0776 e. The molecule has 0 saturated heterocycles. The molecule has 36 heavy (non-hydrogen) atoms. The van der Waals surface area contributed by atoms with Crippen LogP contribution >= 0.6 is 0 Å². The van der Waals surface area contributed by atoms with Gasteiger partial charge in [0.15, 0.2) is 0 Å². The summed E-state index contributed by atoms with van der Waals surface area (Å²) >= 11 is 0. The second-order valence-electron chi connectivity index (χ2n) is 13.3. The molecule has 218 valence electrons. The summed E-state index contributed by atoms with van der Waals surface area (Å²) in [6.07, 6.45) is 25.0. The van der Waals surface area contributed by atoms with Gasteiger partial charge in [-0.1, -0.05) is 134 Å². The smallest absolute Gasteiger partial charge is 0.0266 e. The van der Waals surface area contributed by atoms with Crippen LogP contribution in [0.3, 0.4) is 0 Å². The normalized spacial score (nSPS) is 38.2. The van der Waals surface area contributed by atoms with Crippen molar-refractivity contribution in [2.45, 2.75) is 186 Å². The zero-order valence-electron chi connectivity index (χ0n) is 26.5. The van der Waals surface area contributed by atoms with Gasteiger partial charge in [0.05, 0.1) is 0 Å². The van der Waals surface area contributed by atoms with Gasteiger partial charge in [-0.15, -0.1) is 0 Å². The number of unbranched alkanes of at least 4 members (excludes halogenated alkanes) is 5. The van der Waals surface area contributed by atoms with Gasteiger partial charge >= 0.3 is 0 Å². The highest BCUT2D eigenvalue weighted by atomic mass is 14.6. The molecule has 4 rings (SSSR count). The van der Waals surface area contributed by atoms with Crippen LogP contribution in [-0.2, 0) is 0 Å². The van der Waals surface area contributed by atoms with E-state index in [1.807, 2.05) is 13.8 Å². The molecule has 0 heterocycles. The van der Waals surface area contributed by atoms with Crippen molar-refractivity contribution in [2.24, 2.45) is 46.3 Å². The predicted molar refractivity (Wildman–Crippen MR) is 168 cm³/mol. The summed E-state index contributed by atoms with van der Waals surface area (Å²) in [6, 6.07) is 0. The Kier molecular flexibility index (Phi) is 18.3. The van der Waals surface area contributed by atoms with Crippen LogP contribution in [-0.4, -0.2) is 0 Å². The molecule has 0 aromatic rings. The van der Waals surface area contributed by atoms with Crippen molar-refractivity contribution in [3.8, 4) is 0 Å². The van der Waals surface area contributed by atoms with E-state index < -0.39 is 0 Å². The van der Waals surface area contributed by atoms with Crippen LogP contribution in [0.1, 0.15) is 186 Å². The minimum atomic E-state index is 0. The molecule has 0 nitrogen and oxygen atoms in total. The van der Waals surface area contributed by atoms with E-state index in [1.54, 1.807) is 44.9 Å². The van der Waals surface area contributed by atoms with Crippen LogP contribution in [0, 0.1) is 46.3 Å². The molecule has 4 fully saturated rings. The van der Waals surface area contributed by atoms with Gasteiger partial charge in [0, 0.05) is 0 Å². The standard InChI is InChI=1S/C22H38.C6H14.C5H12.C2H6.CH4/c1-5-16-7-9-19-18-8-6-17-14-15(2)10-12-22(17,4)20(18)11-13-21(16,19)3;1-3-5-6-4-2;1-3-5-4-2;1-2;/h15-20H,5-14H2,1-4H3;3-6H2,1-2H3;3-5H2,1-2H3;1-2H3;1H4/t15-,16?,17+,18?,19?,20?,21?,22?;;;;/m1..../s1. The maximum atomic E-state index is 2.72. The summed E-state index contributed by atoms with van der Waals surface area (Å²) in [7, 11) is 0. The minimum absolute atomic E-state index is 0. The summed E-state index contributed by atoms with van der Waals surface area (Å²) in [6.45, 7) is 23.2. The van der Waals surface area contributed by atoms with E-state index in [0.29, 0.717) is 10.8 Å². The Morgan fingerprint density at radius 1 is 0.611 bits per heavy atom. The summed E-state index contributed by atoms with van der Waals surface area (Å²) in [4.78, 5) is 0. The third-order valence-corrected chi connectivity index (χ3v) is 11.3. The van der Waals surface area contributed by atoms with Crippen molar-refractivity contribution in [3.05, 3.63) is 0 Å². The Bertz CT molecular complexity index is 516. The Morgan fingerprint density at radius 3 is 1.64 bits per heavy atom. The Hall–Kier alpha value is 0. The second-order valence-corrected chi connectivity index (χ2v) is 13.3. The van der Waals surface area contributed by atoms with Gasteiger partial charge in [0.1, 0.15) is 0 Å². The number of rotatable bonds is 6. The van der Waals surface area contributed by atoms with Crippen LogP contribution in [0.15, 0.2) is 0 Å². The number of hydrogen-bond acceptors (Lipinski definition) is 0. The Labute approximate surface area is 232 Å². The van der Waals surface area contributed by atoms with Gasteiger partial charge in [-0.3, -0.25) is 0 Å². The first-order chi connectivity index (χ1) is 16.8. The van der Waals surface area contributed by atoms with Gasteiger partial charge in [-0.25, -0.2) is 0 Å². The summed E-state index contributed by atoms with van der Waals surface area (Å²) < 4.78 is 0. The summed E-state index contributed by atoms with van der Waals surface area (Å²) in [5.41, 5.74) is 1.42. The van der Waals surface area contributed by atoms with E-state index in [4.69, 9.17) is 0 Å². The summed E-state index contributed by atoms with van der Waals surface area (Å²) in [5, 5.41) is 0. The number of hydrogen-bond donors (Lipinski definition) is 0. The maximum absolute atomic E-state index is 2.72. The van der Waals surface area contributed by atoms with Gasteiger partial charge in [-0.2, -0.15) is 0 Å². The second kappa shape index (κ2) is 18.3. The van der Waals surface area contributed by atoms with Crippen molar-refractivity contribution in [2.75, 3.05) is 0 Å². The lowest BCUT2D eigenvalue weighted by atomic mass is 9.44. The molecule has 0 radical (unpaired) electrons. The zero-order valence-corrected chi connectivity index (χ0v) is 26.5. The molecule has 0 aliphatic heterocycles. The van der Waals surface area contributed by atoms with Crippen LogP contribution in [0.25, 0.3) is 0 Å². The zero-order chi connectivity index (χ0) is 26.5. The third kappa shape index (κ3) is 8.76. The molecule has 4 aliphatic rings. The first-order valence-corrected chi connectivity index (χ1v) is 16.8. The van der Waals surface area contributed by atoms with E-state index >= 15 is 0 Å². The van der Waals surface area contributed by atoms with E-state index in [-0.39, 0.29) is 7.43 Å². The monoisotopic (exact) mass is 507 g/mol. The largest absolute Gasteiger partial charge is 0.0776 e. The van der Waals surface area contributed by atoms with Crippen LogP contribution < -0.4 is 0 Å². The fourth-order valence-corrected chi connectivity index (χ4v) is 9.11. The molecule has 8 atom stereocenters. The first kappa shape index (κ1) is 36.0. The fourth-order valence-electron chi connectivity index (χ4n) is 9.11. The van der Waals surface area contributed by atoms with Crippen molar-refractivity contribution in [1.82, 2.24) is 0 Å².